The maximum atomic E-state index is 12.9. The molecular weight excluding hydrogens is 558 g/mol. The Balaban J connectivity index is 1.28. The van der Waals surface area contributed by atoms with Gasteiger partial charge in [0.2, 0.25) is 11.8 Å². The van der Waals surface area contributed by atoms with Crippen LogP contribution in [0.4, 0.5) is 4.79 Å². The summed E-state index contributed by atoms with van der Waals surface area (Å²) in [5, 5.41) is 4.92. The van der Waals surface area contributed by atoms with Crippen molar-refractivity contribution >= 4 is 35.0 Å². The third kappa shape index (κ3) is 4.99. The molecule has 0 bridgehead atoms. The molecule has 11 heteroatoms. The number of hydrogen-bond acceptors (Lipinski definition) is 7. The van der Waals surface area contributed by atoms with Gasteiger partial charge in [-0.05, 0) is 75.3 Å². The molecule has 42 heavy (non-hydrogen) atoms. The average molecular weight is 594 g/mol. The van der Waals surface area contributed by atoms with E-state index < -0.39 is 5.60 Å². The van der Waals surface area contributed by atoms with Crippen molar-refractivity contribution in [2.45, 2.75) is 72.6 Å². The summed E-state index contributed by atoms with van der Waals surface area (Å²) in [6, 6.07) is 5.56. The van der Waals surface area contributed by atoms with Crippen LogP contribution >= 0.6 is 11.6 Å². The molecule has 0 radical (unpaired) electrons. The molecule has 0 spiro atoms. The lowest BCUT2D eigenvalue weighted by Crippen LogP contribution is -2.46. The normalized spacial score (nSPS) is 23.4. The van der Waals surface area contributed by atoms with E-state index in [2.05, 4.69) is 10.1 Å². The van der Waals surface area contributed by atoms with Crippen LogP contribution in [-0.2, 0) is 20.9 Å². The summed E-state index contributed by atoms with van der Waals surface area (Å²) in [5.41, 5.74) is 2.79. The van der Waals surface area contributed by atoms with Gasteiger partial charge in [0.05, 0.1) is 30.4 Å². The number of likely N-dealkylation sites (tertiary alicyclic amines) is 2. The molecule has 3 aromatic rings. The highest BCUT2D eigenvalue weighted by atomic mass is 35.5. The molecule has 222 valence electrons. The van der Waals surface area contributed by atoms with E-state index in [1.54, 1.807) is 9.42 Å². The molecule has 1 aliphatic carbocycles. The van der Waals surface area contributed by atoms with Gasteiger partial charge >= 0.3 is 6.09 Å². The molecule has 2 aromatic heterocycles. The summed E-state index contributed by atoms with van der Waals surface area (Å²) < 4.78 is 13.9. The Kier molecular flexibility index (Phi) is 6.75. The highest BCUT2D eigenvalue weighted by molar-refractivity contribution is 6.31. The number of imide groups is 1. The van der Waals surface area contributed by atoms with Crippen LogP contribution in [0, 0.1) is 24.2 Å². The molecule has 6 rings (SSSR count). The Morgan fingerprint density at radius 2 is 1.86 bits per heavy atom. The van der Waals surface area contributed by atoms with E-state index in [4.69, 9.17) is 21.1 Å². The van der Waals surface area contributed by atoms with Gasteiger partial charge in [0.15, 0.2) is 0 Å². The van der Waals surface area contributed by atoms with Gasteiger partial charge in [0.1, 0.15) is 29.5 Å². The van der Waals surface area contributed by atoms with Gasteiger partial charge in [0, 0.05) is 23.3 Å². The van der Waals surface area contributed by atoms with Crippen molar-refractivity contribution in [1.29, 1.82) is 0 Å². The minimum Gasteiger partial charge on any atom is -0.488 e. The molecule has 0 N–H and O–H groups in total. The summed E-state index contributed by atoms with van der Waals surface area (Å²) in [7, 11) is 0. The fourth-order valence-corrected chi connectivity index (χ4v) is 6.65. The zero-order valence-electron chi connectivity index (χ0n) is 24.8. The minimum absolute atomic E-state index is 0.106. The van der Waals surface area contributed by atoms with E-state index in [-0.39, 0.29) is 47.8 Å². The molecule has 2 saturated heterocycles. The number of halogens is 1. The number of fused-ring (bicyclic) bond motifs is 2. The van der Waals surface area contributed by atoms with Crippen LogP contribution in [0.15, 0.2) is 30.7 Å². The van der Waals surface area contributed by atoms with Crippen LogP contribution in [0.3, 0.4) is 0 Å². The SMILES string of the molecule is Cc1cc(Cl)cc(-c2ncnn3cc(CN4C(=O)C5C(C4=O)C5(C)C)cc23)c1O[C@H]1CCCN(C(=O)OC(C)(C)C)C1. The average Bonchev–Trinajstić information content (AvgIpc) is 3.14. The smallest absolute Gasteiger partial charge is 0.410 e. The first-order valence-electron chi connectivity index (χ1n) is 14.4. The van der Waals surface area contributed by atoms with Gasteiger partial charge in [-0.3, -0.25) is 14.5 Å². The minimum atomic E-state index is -0.578. The lowest BCUT2D eigenvalue weighted by Gasteiger charge is -2.34. The van der Waals surface area contributed by atoms with E-state index in [0.717, 1.165) is 24.0 Å². The van der Waals surface area contributed by atoms with Gasteiger partial charge in [-0.1, -0.05) is 25.4 Å². The maximum absolute atomic E-state index is 12.9. The van der Waals surface area contributed by atoms with Gasteiger partial charge in [-0.25, -0.2) is 14.3 Å². The van der Waals surface area contributed by atoms with Crippen molar-refractivity contribution in [3.63, 3.8) is 0 Å². The van der Waals surface area contributed by atoms with Gasteiger partial charge in [0.25, 0.3) is 0 Å². The van der Waals surface area contributed by atoms with Crippen LogP contribution in [0.25, 0.3) is 16.8 Å². The van der Waals surface area contributed by atoms with E-state index in [1.807, 2.05) is 65.9 Å². The van der Waals surface area contributed by atoms with Crippen LogP contribution in [0.5, 0.6) is 5.75 Å². The van der Waals surface area contributed by atoms with E-state index in [0.29, 0.717) is 40.6 Å². The number of piperidine rings is 2. The molecule has 1 saturated carbocycles. The first kappa shape index (κ1) is 28.5. The second-order valence-electron chi connectivity index (χ2n) is 13.2. The molecule has 4 heterocycles. The molecule has 3 amide bonds. The zero-order chi connectivity index (χ0) is 30.1. The number of hydrogen-bond donors (Lipinski definition) is 0. The number of benzene rings is 1. The second kappa shape index (κ2) is 9.97. The summed E-state index contributed by atoms with van der Waals surface area (Å²) >= 11 is 6.53. The second-order valence-corrected chi connectivity index (χ2v) is 13.7. The molecule has 3 fully saturated rings. The molecule has 10 nitrogen and oxygen atoms in total. The number of rotatable bonds is 5. The van der Waals surface area contributed by atoms with Crippen LogP contribution in [0.2, 0.25) is 5.02 Å². The van der Waals surface area contributed by atoms with E-state index in [9.17, 15) is 14.4 Å². The van der Waals surface area contributed by atoms with Crippen molar-refractivity contribution in [3.05, 3.63) is 46.9 Å². The lowest BCUT2D eigenvalue weighted by molar-refractivity contribution is -0.143. The van der Waals surface area contributed by atoms with Crippen LogP contribution in [0.1, 0.15) is 58.6 Å². The van der Waals surface area contributed by atoms with E-state index in [1.165, 1.54) is 11.2 Å². The summed E-state index contributed by atoms with van der Waals surface area (Å²) in [6.07, 6.45) is 4.25. The Hall–Kier alpha value is -3.66. The number of ether oxygens (including phenoxy) is 2. The van der Waals surface area contributed by atoms with Crippen molar-refractivity contribution in [3.8, 4) is 17.0 Å². The predicted octanol–water partition coefficient (Wildman–Crippen LogP) is 5.28. The zero-order valence-corrected chi connectivity index (χ0v) is 25.6. The molecular formula is C31H36ClN5O5. The van der Waals surface area contributed by atoms with Gasteiger partial charge in [-0.15, -0.1) is 0 Å². The molecule has 2 aliphatic heterocycles. The Morgan fingerprint density at radius 3 is 2.55 bits per heavy atom. The molecule has 2 unspecified atom stereocenters. The third-order valence-electron chi connectivity index (χ3n) is 8.50. The lowest BCUT2D eigenvalue weighted by atomic mass is 10.0. The highest BCUT2D eigenvalue weighted by Crippen LogP contribution is 2.63. The van der Waals surface area contributed by atoms with Crippen LogP contribution in [-0.4, -0.2) is 67.1 Å². The fraction of sp³-hybridized carbons (Fsp3) is 0.516. The third-order valence-corrected chi connectivity index (χ3v) is 8.72. The molecule has 3 atom stereocenters. The topological polar surface area (TPSA) is 106 Å². The first-order valence-corrected chi connectivity index (χ1v) is 14.7. The van der Waals surface area contributed by atoms with Gasteiger partial charge < -0.3 is 14.4 Å². The first-order chi connectivity index (χ1) is 19.7. The van der Waals surface area contributed by atoms with Crippen LogP contribution < -0.4 is 4.74 Å². The molecule has 3 aliphatic rings. The number of carbonyl (C=O) groups is 3. The standard InChI is InChI=1S/C31H36ClN5O5/c1-17-10-19(32)12-21(26(17)41-20-8-7-9-35(15-20)29(40)42-30(2,3)4)25-22-11-18(14-37(22)34-16-33-25)13-36-27(38)23-24(28(36)39)31(23,5)6/h10-12,14,16,20,23-24H,7-9,13,15H2,1-6H3/t20-,23?,24?/m0/s1. The number of nitrogens with zero attached hydrogens (tertiary/aromatic N) is 5. The van der Waals surface area contributed by atoms with Crippen molar-refractivity contribution in [2.75, 3.05) is 13.1 Å². The quantitative estimate of drug-likeness (QED) is 0.371. The summed E-state index contributed by atoms with van der Waals surface area (Å²) in [4.78, 5) is 46.3. The largest absolute Gasteiger partial charge is 0.488 e. The van der Waals surface area contributed by atoms with Crippen molar-refractivity contribution in [2.24, 2.45) is 17.3 Å². The van der Waals surface area contributed by atoms with Crippen molar-refractivity contribution in [1.82, 2.24) is 24.4 Å². The fourth-order valence-electron chi connectivity index (χ4n) is 6.38. The number of amides is 3. The Morgan fingerprint density at radius 1 is 1.14 bits per heavy atom. The number of carbonyl (C=O) groups excluding carboxylic acids is 3. The monoisotopic (exact) mass is 593 g/mol. The summed E-state index contributed by atoms with van der Waals surface area (Å²) in [6.45, 7) is 12.6. The maximum Gasteiger partial charge on any atom is 0.410 e. The molecule has 1 aromatic carbocycles. The van der Waals surface area contributed by atoms with Crippen molar-refractivity contribution < 1.29 is 23.9 Å². The number of aromatic nitrogens is 3. The summed E-state index contributed by atoms with van der Waals surface area (Å²) in [5.74, 6) is -0.0302. The Bertz CT molecular complexity index is 1580. The predicted molar refractivity (Wildman–Crippen MR) is 156 cm³/mol. The van der Waals surface area contributed by atoms with E-state index >= 15 is 0 Å². The highest BCUT2D eigenvalue weighted by Gasteiger charge is 2.72. The van der Waals surface area contributed by atoms with Gasteiger partial charge in [-0.2, -0.15) is 5.10 Å². The Labute approximate surface area is 249 Å². The number of aryl methyl sites for hydroxylation is 1.